The lowest BCUT2D eigenvalue weighted by Crippen LogP contribution is -2.19. The van der Waals surface area contributed by atoms with E-state index in [9.17, 15) is 0 Å². The molecule has 16 heavy (non-hydrogen) atoms. The summed E-state index contributed by atoms with van der Waals surface area (Å²) >= 11 is 1.74. The van der Waals surface area contributed by atoms with Crippen LogP contribution in [-0.2, 0) is 7.05 Å². The lowest BCUT2D eigenvalue weighted by Gasteiger charge is -2.12. The fraction of sp³-hybridized carbons (Fsp3) is 0.600. The third-order valence-electron chi connectivity index (χ3n) is 2.93. The number of hydrogen-bond acceptors (Lipinski definition) is 4. The van der Waals surface area contributed by atoms with Gasteiger partial charge >= 0.3 is 0 Å². The van der Waals surface area contributed by atoms with Crippen LogP contribution in [-0.4, -0.2) is 26.3 Å². The summed E-state index contributed by atoms with van der Waals surface area (Å²) in [4.78, 5) is 4.26. The maximum absolute atomic E-state index is 8.56. The number of thioether (sulfide) groups is 1. The zero-order chi connectivity index (χ0) is 11.6. The Balaban J connectivity index is 1.88. The molecule has 1 aromatic rings. The maximum Gasteiger partial charge on any atom is 0.167 e. The highest BCUT2D eigenvalue weighted by molar-refractivity contribution is 7.99. The summed E-state index contributed by atoms with van der Waals surface area (Å²) in [5.74, 6) is 1.31. The van der Waals surface area contributed by atoms with Crippen LogP contribution >= 0.6 is 11.8 Å². The van der Waals surface area contributed by atoms with E-state index in [1.165, 1.54) is 0 Å². The molecule has 5 nitrogen and oxygen atoms in total. The monoisotopic (exact) mass is 240 g/mol. The number of imidazole rings is 1. The first-order valence-electron chi connectivity index (χ1n) is 5.22. The van der Waals surface area contributed by atoms with Crippen LogP contribution in [0.3, 0.4) is 0 Å². The van der Waals surface area contributed by atoms with Gasteiger partial charge in [-0.25, -0.2) is 4.98 Å². The van der Waals surface area contributed by atoms with Crippen LogP contribution in [0.15, 0.2) is 22.7 Å². The third kappa shape index (κ3) is 2.49. The molecule has 0 spiro atoms. The Labute approximate surface area is 98.7 Å². The fourth-order valence-electron chi connectivity index (χ4n) is 1.68. The number of aryl methyl sites for hydroxylation is 1. The summed E-state index contributed by atoms with van der Waals surface area (Å²) in [6, 6.07) is 0. The minimum Gasteiger partial charge on any atom is -0.409 e. The van der Waals surface area contributed by atoms with Crippen LogP contribution < -0.4 is 5.73 Å². The van der Waals surface area contributed by atoms with Crippen LogP contribution in [0, 0.1) is 5.41 Å². The standard InChI is InChI=1S/C10H16N4OS/c1-14-5-4-12-9(14)16-7-10(2-3-10)6-8(11)13-15/h4-5,15H,2-3,6-7H2,1H3,(H2,11,13). The number of oxime groups is 1. The van der Waals surface area contributed by atoms with E-state index in [1.54, 1.807) is 18.0 Å². The Morgan fingerprint density at radius 1 is 1.75 bits per heavy atom. The van der Waals surface area contributed by atoms with Crippen LogP contribution in [0.4, 0.5) is 0 Å². The van der Waals surface area contributed by atoms with E-state index in [0.29, 0.717) is 12.3 Å². The van der Waals surface area contributed by atoms with Gasteiger partial charge in [0.25, 0.3) is 0 Å². The Morgan fingerprint density at radius 2 is 2.50 bits per heavy atom. The molecule has 0 aliphatic heterocycles. The van der Waals surface area contributed by atoms with Crippen molar-refractivity contribution >= 4 is 17.6 Å². The summed E-state index contributed by atoms with van der Waals surface area (Å²) in [5, 5.41) is 12.6. The highest BCUT2D eigenvalue weighted by Gasteiger charge is 2.43. The van der Waals surface area contributed by atoms with Gasteiger partial charge in [-0.1, -0.05) is 16.9 Å². The van der Waals surface area contributed by atoms with Crippen LogP contribution in [0.25, 0.3) is 0 Å². The number of aromatic nitrogens is 2. The van der Waals surface area contributed by atoms with Gasteiger partial charge in [0.05, 0.1) is 0 Å². The lowest BCUT2D eigenvalue weighted by atomic mass is 10.1. The number of hydrogen-bond donors (Lipinski definition) is 2. The predicted octanol–water partition coefficient (Wildman–Crippen LogP) is 1.43. The van der Waals surface area contributed by atoms with Crippen molar-refractivity contribution in [3.05, 3.63) is 12.4 Å². The van der Waals surface area contributed by atoms with Gasteiger partial charge in [0.2, 0.25) is 0 Å². The van der Waals surface area contributed by atoms with Crippen molar-refractivity contribution in [3.8, 4) is 0 Å². The van der Waals surface area contributed by atoms with Gasteiger partial charge in [-0.3, -0.25) is 0 Å². The van der Waals surface area contributed by atoms with Crippen LogP contribution in [0.2, 0.25) is 0 Å². The Hall–Kier alpha value is -1.17. The molecule has 2 rings (SSSR count). The van der Waals surface area contributed by atoms with E-state index >= 15 is 0 Å². The zero-order valence-electron chi connectivity index (χ0n) is 9.26. The van der Waals surface area contributed by atoms with Gasteiger partial charge in [0.15, 0.2) is 5.16 Å². The highest BCUT2D eigenvalue weighted by atomic mass is 32.2. The van der Waals surface area contributed by atoms with E-state index < -0.39 is 0 Å². The average molecular weight is 240 g/mol. The van der Waals surface area contributed by atoms with E-state index in [1.807, 2.05) is 17.8 Å². The first-order chi connectivity index (χ1) is 7.65. The van der Waals surface area contributed by atoms with E-state index in [2.05, 4.69) is 10.1 Å². The molecule has 0 radical (unpaired) electrons. The largest absolute Gasteiger partial charge is 0.409 e. The van der Waals surface area contributed by atoms with Crippen molar-refractivity contribution in [2.75, 3.05) is 5.75 Å². The molecule has 1 aliphatic rings. The zero-order valence-corrected chi connectivity index (χ0v) is 10.1. The van der Waals surface area contributed by atoms with Crippen molar-refractivity contribution in [2.24, 2.45) is 23.4 Å². The number of nitrogens with zero attached hydrogens (tertiary/aromatic N) is 3. The Morgan fingerprint density at radius 3 is 3.00 bits per heavy atom. The number of amidine groups is 1. The second-order valence-electron chi connectivity index (χ2n) is 4.38. The molecule has 0 amide bonds. The smallest absolute Gasteiger partial charge is 0.167 e. The molecule has 0 saturated heterocycles. The molecule has 1 fully saturated rings. The summed E-state index contributed by atoms with van der Waals surface area (Å²) in [6.07, 6.45) is 6.72. The van der Waals surface area contributed by atoms with E-state index in [4.69, 9.17) is 10.9 Å². The summed E-state index contributed by atoms with van der Waals surface area (Å²) in [5.41, 5.74) is 5.78. The van der Waals surface area contributed by atoms with Crippen molar-refractivity contribution < 1.29 is 5.21 Å². The van der Waals surface area contributed by atoms with Crippen LogP contribution in [0.5, 0.6) is 0 Å². The summed E-state index contributed by atoms with van der Waals surface area (Å²) < 4.78 is 2.00. The molecular formula is C10H16N4OS. The topological polar surface area (TPSA) is 76.4 Å². The average Bonchev–Trinajstić information content (AvgIpc) is 2.91. The molecule has 1 aromatic heterocycles. The molecular weight excluding hydrogens is 224 g/mol. The predicted molar refractivity (Wildman–Crippen MR) is 63.6 cm³/mol. The first kappa shape index (κ1) is 11.3. The molecule has 0 bridgehead atoms. The first-order valence-corrected chi connectivity index (χ1v) is 6.20. The third-order valence-corrected chi connectivity index (χ3v) is 4.33. The normalized spacial score (nSPS) is 18.7. The summed E-state index contributed by atoms with van der Waals surface area (Å²) in [7, 11) is 1.98. The highest BCUT2D eigenvalue weighted by Crippen LogP contribution is 2.51. The van der Waals surface area contributed by atoms with Crippen molar-refractivity contribution in [2.45, 2.75) is 24.4 Å². The van der Waals surface area contributed by atoms with Crippen molar-refractivity contribution in [3.63, 3.8) is 0 Å². The second kappa shape index (κ2) is 4.37. The maximum atomic E-state index is 8.56. The Bertz CT molecular complexity index is 397. The molecule has 1 heterocycles. The summed E-state index contributed by atoms with van der Waals surface area (Å²) in [6.45, 7) is 0. The van der Waals surface area contributed by atoms with Gasteiger partial charge in [0.1, 0.15) is 5.84 Å². The fourth-order valence-corrected chi connectivity index (χ4v) is 2.90. The van der Waals surface area contributed by atoms with E-state index in [0.717, 1.165) is 23.8 Å². The van der Waals surface area contributed by atoms with Gasteiger partial charge < -0.3 is 15.5 Å². The number of nitrogens with two attached hydrogens (primary N) is 1. The molecule has 88 valence electrons. The molecule has 3 N–H and O–H groups in total. The molecule has 6 heteroatoms. The number of rotatable bonds is 5. The van der Waals surface area contributed by atoms with Gasteiger partial charge in [0, 0.05) is 31.6 Å². The minimum atomic E-state index is 0.229. The quantitative estimate of drug-likeness (QED) is 0.268. The molecule has 0 unspecified atom stereocenters. The van der Waals surface area contributed by atoms with E-state index in [-0.39, 0.29) is 5.41 Å². The minimum absolute atomic E-state index is 0.229. The second-order valence-corrected chi connectivity index (χ2v) is 5.32. The SMILES string of the molecule is Cn1ccnc1SCC1(CC(N)=NO)CC1. The Kier molecular flexibility index (Phi) is 3.09. The molecule has 0 atom stereocenters. The van der Waals surface area contributed by atoms with Gasteiger partial charge in [-0.2, -0.15) is 0 Å². The molecule has 0 aromatic carbocycles. The van der Waals surface area contributed by atoms with Crippen molar-refractivity contribution in [1.29, 1.82) is 0 Å². The van der Waals surface area contributed by atoms with Gasteiger partial charge in [-0.15, -0.1) is 0 Å². The van der Waals surface area contributed by atoms with Crippen LogP contribution in [0.1, 0.15) is 19.3 Å². The van der Waals surface area contributed by atoms with Gasteiger partial charge in [-0.05, 0) is 18.3 Å². The van der Waals surface area contributed by atoms with Crippen molar-refractivity contribution in [1.82, 2.24) is 9.55 Å². The molecule has 1 saturated carbocycles. The lowest BCUT2D eigenvalue weighted by molar-refractivity contribution is 0.315. The molecule has 1 aliphatic carbocycles.